The van der Waals surface area contributed by atoms with Crippen LogP contribution in [0.25, 0.3) is 10.8 Å². The molecule has 1 heterocycles. The number of Topliss-reactive ketones (excluding diaryl/α,β-unsaturated/α-hetero) is 2. The van der Waals surface area contributed by atoms with E-state index in [0.29, 0.717) is 4.31 Å². The van der Waals surface area contributed by atoms with Crippen LogP contribution in [-0.2, 0) is 10.0 Å². The fourth-order valence-electron chi connectivity index (χ4n) is 3.30. The average Bonchev–Trinajstić information content (AvgIpc) is 2.66. The lowest BCUT2D eigenvalue weighted by atomic mass is 9.94. The number of halogens is 1. The first-order chi connectivity index (χ1) is 12.8. The molecule has 1 unspecified atom stereocenters. The first-order valence-corrected chi connectivity index (χ1v) is 9.59. The molecule has 1 atom stereocenters. The Balaban J connectivity index is 1.84. The van der Waals surface area contributed by atoms with Gasteiger partial charge in [0.1, 0.15) is 5.82 Å². The van der Waals surface area contributed by atoms with E-state index in [9.17, 15) is 22.4 Å². The van der Waals surface area contributed by atoms with Crippen molar-refractivity contribution in [2.24, 2.45) is 0 Å². The van der Waals surface area contributed by atoms with Crippen molar-refractivity contribution in [2.75, 3.05) is 7.05 Å². The van der Waals surface area contributed by atoms with E-state index in [-0.39, 0.29) is 11.1 Å². The van der Waals surface area contributed by atoms with E-state index in [1.807, 2.05) is 24.3 Å². The molecule has 4 rings (SSSR count). The molecule has 3 aromatic rings. The number of rotatable bonds is 2. The summed E-state index contributed by atoms with van der Waals surface area (Å²) in [5, 5.41) is 1.73. The maximum Gasteiger partial charge on any atom is 0.244 e. The number of carbonyl (C=O) groups is 2. The SMILES string of the molecule is CN1C(C(=O)c2ccc3ccccc3c2)C(=O)c2ccc(F)cc2S1(=O)=O. The first-order valence-electron chi connectivity index (χ1n) is 8.15. The predicted molar refractivity (Wildman–Crippen MR) is 97.7 cm³/mol. The van der Waals surface area contributed by atoms with E-state index in [4.69, 9.17) is 0 Å². The van der Waals surface area contributed by atoms with Crippen LogP contribution >= 0.6 is 0 Å². The minimum atomic E-state index is -4.17. The van der Waals surface area contributed by atoms with Crippen molar-refractivity contribution in [3.8, 4) is 0 Å². The number of likely N-dealkylation sites (N-methyl/N-ethyl adjacent to an activating group) is 1. The van der Waals surface area contributed by atoms with Crippen molar-refractivity contribution >= 4 is 32.4 Å². The molecule has 0 N–H and O–H groups in total. The van der Waals surface area contributed by atoms with E-state index in [1.165, 1.54) is 0 Å². The van der Waals surface area contributed by atoms with E-state index in [0.717, 1.165) is 36.0 Å². The summed E-state index contributed by atoms with van der Waals surface area (Å²) in [6, 6.07) is 13.7. The molecule has 7 heteroatoms. The number of hydrogen-bond donors (Lipinski definition) is 0. The number of carbonyl (C=O) groups excluding carboxylic acids is 2. The van der Waals surface area contributed by atoms with Gasteiger partial charge >= 0.3 is 0 Å². The van der Waals surface area contributed by atoms with Gasteiger partial charge in [0.2, 0.25) is 10.0 Å². The van der Waals surface area contributed by atoms with Crippen molar-refractivity contribution in [3.05, 3.63) is 77.6 Å². The van der Waals surface area contributed by atoms with E-state index in [2.05, 4.69) is 0 Å². The van der Waals surface area contributed by atoms with Crippen molar-refractivity contribution in [3.63, 3.8) is 0 Å². The molecule has 0 aromatic heterocycles. The summed E-state index contributed by atoms with van der Waals surface area (Å²) < 4.78 is 39.6. The molecule has 0 amide bonds. The lowest BCUT2D eigenvalue weighted by molar-refractivity contribution is 0.0784. The molecule has 0 fully saturated rings. The standard InChI is InChI=1S/C20H14FNO4S/c1-22-18(19(23)14-7-6-12-4-2-3-5-13(12)10-14)20(24)16-9-8-15(21)11-17(16)27(22,25)26/h2-11,18H,1H3. The van der Waals surface area contributed by atoms with Crippen LogP contribution in [-0.4, -0.2) is 37.4 Å². The van der Waals surface area contributed by atoms with Crippen LogP contribution in [0, 0.1) is 5.82 Å². The van der Waals surface area contributed by atoms with Crippen LogP contribution in [0.4, 0.5) is 4.39 Å². The molecule has 5 nitrogen and oxygen atoms in total. The molecule has 0 saturated heterocycles. The molecule has 1 aliphatic rings. The Bertz CT molecular complexity index is 1220. The van der Waals surface area contributed by atoms with Crippen LogP contribution < -0.4 is 0 Å². The lowest BCUT2D eigenvalue weighted by Gasteiger charge is -2.31. The number of fused-ring (bicyclic) bond motifs is 2. The maximum absolute atomic E-state index is 13.5. The Morgan fingerprint density at radius 2 is 1.70 bits per heavy atom. The fourth-order valence-corrected chi connectivity index (χ4v) is 4.79. The van der Waals surface area contributed by atoms with Gasteiger partial charge in [-0.05, 0) is 35.0 Å². The molecule has 27 heavy (non-hydrogen) atoms. The van der Waals surface area contributed by atoms with Gasteiger partial charge in [-0.1, -0.05) is 36.4 Å². The van der Waals surface area contributed by atoms with Crippen LogP contribution in [0.3, 0.4) is 0 Å². The van der Waals surface area contributed by atoms with Crippen LogP contribution in [0.2, 0.25) is 0 Å². The normalized spacial score (nSPS) is 19.0. The van der Waals surface area contributed by atoms with Gasteiger partial charge in [0.25, 0.3) is 0 Å². The minimum absolute atomic E-state index is 0.173. The molecular formula is C20H14FNO4S. The maximum atomic E-state index is 13.5. The molecule has 0 saturated carbocycles. The third-order valence-electron chi connectivity index (χ3n) is 4.76. The Morgan fingerprint density at radius 1 is 1.00 bits per heavy atom. The monoisotopic (exact) mass is 383 g/mol. The highest BCUT2D eigenvalue weighted by molar-refractivity contribution is 7.89. The van der Waals surface area contributed by atoms with Gasteiger partial charge in [-0.2, -0.15) is 4.31 Å². The largest absolute Gasteiger partial charge is 0.292 e. The van der Waals surface area contributed by atoms with Gasteiger partial charge in [-0.3, -0.25) is 9.59 Å². The van der Waals surface area contributed by atoms with Crippen molar-refractivity contribution in [1.29, 1.82) is 0 Å². The Kier molecular flexibility index (Phi) is 3.94. The third kappa shape index (κ3) is 2.67. The van der Waals surface area contributed by atoms with Crippen LogP contribution in [0.1, 0.15) is 20.7 Å². The molecule has 0 bridgehead atoms. The summed E-state index contributed by atoms with van der Waals surface area (Å²) in [4.78, 5) is 25.5. The average molecular weight is 383 g/mol. The number of hydrogen-bond acceptors (Lipinski definition) is 4. The molecule has 0 spiro atoms. The van der Waals surface area contributed by atoms with Gasteiger partial charge in [0, 0.05) is 18.2 Å². The molecule has 0 radical (unpaired) electrons. The number of nitrogens with zero attached hydrogens (tertiary/aromatic N) is 1. The third-order valence-corrected chi connectivity index (χ3v) is 6.62. The van der Waals surface area contributed by atoms with Crippen molar-refractivity contribution in [1.82, 2.24) is 4.31 Å². The summed E-state index contributed by atoms with van der Waals surface area (Å²) >= 11 is 0. The first kappa shape index (κ1) is 17.5. The van der Waals surface area contributed by atoms with E-state index < -0.39 is 38.3 Å². The number of ketones is 2. The highest BCUT2D eigenvalue weighted by Gasteiger charge is 2.45. The van der Waals surface area contributed by atoms with E-state index in [1.54, 1.807) is 18.2 Å². The predicted octanol–water partition coefficient (Wildman–Crippen LogP) is 3.05. The van der Waals surface area contributed by atoms with Gasteiger partial charge in [-0.25, -0.2) is 12.8 Å². The van der Waals surface area contributed by atoms with Crippen LogP contribution in [0.15, 0.2) is 65.6 Å². The molecule has 3 aromatic carbocycles. The lowest BCUT2D eigenvalue weighted by Crippen LogP contribution is -2.51. The zero-order valence-corrected chi connectivity index (χ0v) is 15.0. The second kappa shape index (κ2) is 6.07. The summed E-state index contributed by atoms with van der Waals surface area (Å²) in [6.07, 6.45) is 0. The highest BCUT2D eigenvalue weighted by Crippen LogP contribution is 2.31. The Morgan fingerprint density at radius 3 is 2.44 bits per heavy atom. The summed E-state index contributed by atoms with van der Waals surface area (Å²) in [6.45, 7) is 0. The minimum Gasteiger partial charge on any atom is -0.292 e. The summed E-state index contributed by atoms with van der Waals surface area (Å²) in [7, 11) is -3.01. The molecular weight excluding hydrogens is 369 g/mol. The van der Waals surface area contributed by atoms with Crippen molar-refractivity contribution in [2.45, 2.75) is 10.9 Å². The number of sulfonamides is 1. The zero-order chi connectivity index (χ0) is 19.3. The smallest absolute Gasteiger partial charge is 0.244 e. The van der Waals surface area contributed by atoms with E-state index >= 15 is 0 Å². The second-order valence-electron chi connectivity index (χ2n) is 6.35. The van der Waals surface area contributed by atoms with Crippen LogP contribution in [0.5, 0.6) is 0 Å². The second-order valence-corrected chi connectivity index (χ2v) is 8.32. The highest BCUT2D eigenvalue weighted by atomic mass is 32.2. The summed E-state index contributed by atoms with van der Waals surface area (Å²) in [5.41, 5.74) is 0.0632. The van der Waals surface area contributed by atoms with Gasteiger partial charge in [0.05, 0.1) is 4.90 Å². The number of benzene rings is 3. The molecule has 0 aliphatic carbocycles. The van der Waals surface area contributed by atoms with Gasteiger partial charge in [-0.15, -0.1) is 0 Å². The zero-order valence-electron chi connectivity index (χ0n) is 14.2. The Labute approximate surface area is 155 Å². The van der Waals surface area contributed by atoms with Gasteiger partial charge in [0.15, 0.2) is 17.6 Å². The van der Waals surface area contributed by atoms with Gasteiger partial charge < -0.3 is 0 Å². The topological polar surface area (TPSA) is 71.5 Å². The quantitative estimate of drug-likeness (QED) is 0.504. The Hall–Kier alpha value is -2.90. The summed E-state index contributed by atoms with van der Waals surface area (Å²) in [5.74, 6) is -2.05. The molecule has 1 aliphatic heterocycles. The molecule has 136 valence electrons. The fraction of sp³-hybridized carbons (Fsp3) is 0.100. The van der Waals surface area contributed by atoms with Crippen molar-refractivity contribution < 1.29 is 22.4 Å².